The van der Waals surface area contributed by atoms with Gasteiger partial charge in [0.2, 0.25) is 0 Å². The second-order valence-corrected chi connectivity index (χ2v) is 4.09. The molecule has 0 spiro atoms. The number of benzene rings is 1. The number of nitrogens with one attached hydrogen (secondary N) is 1. The smallest absolute Gasteiger partial charge is 0.251 e. The summed E-state index contributed by atoms with van der Waals surface area (Å²) >= 11 is 0.777. The van der Waals surface area contributed by atoms with Gasteiger partial charge in [-0.1, -0.05) is 11.3 Å². The van der Waals surface area contributed by atoms with Crippen molar-refractivity contribution in [1.82, 2.24) is 4.98 Å². The molecule has 90 valence electrons. The number of aliphatic hydroxyl groups is 1. The molecule has 0 saturated heterocycles. The first-order chi connectivity index (χ1) is 8.02. The van der Waals surface area contributed by atoms with Gasteiger partial charge in [0, 0.05) is 0 Å². The third kappa shape index (κ3) is 2.08. The van der Waals surface area contributed by atoms with Gasteiger partial charge in [-0.3, -0.25) is 10.1 Å². The molecule has 0 aliphatic carbocycles. The maximum Gasteiger partial charge on any atom is 0.251 e. The lowest BCUT2D eigenvalue weighted by Gasteiger charge is -1.95. The third-order valence-electron chi connectivity index (χ3n) is 1.91. The summed E-state index contributed by atoms with van der Waals surface area (Å²) in [4.78, 5) is 14.4. The molecule has 1 amide bonds. The lowest BCUT2D eigenvalue weighted by atomic mass is 10.3. The van der Waals surface area contributed by atoms with Gasteiger partial charge in [-0.15, -0.1) is 0 Å². The molecular formula is C9H5F3N2O2S. The van der Waals surface area contributed by atoms with Crippen LogP contribution in [0.4, 0.5) is 18.3 Å². The number of amides is 1. The topological polar surface area (TPSA) is 62.2 Å². The monoisotopic (exact) mass is 262 g/mol. The van der Waals surface area contributed by atoms with Gasteiger partial charge >= 0.3 is 0 Å². The van der Waals surface area contributed by atoms with Crippen LogP contribution in [0.1, 0.15) is 0 Å². The Balaban J connectivity index is 2.50. The molecule has 8 heteroatoms. The molecule has 0 fully saturated rings. The Morgan fingerprint density at radius 2 is 2.12 bits per heavy atom. The highest BCUT2D eigenvalue weighted by molar-refractivity contribution is 7.22. The minimum absolute atomic E-state index is 0.0389. The first-order valence-corrected chi connectivity index (χ1v) is 5.19. The van der Waals surface area contributed by atoms with Crippen LogP contribution in [-0.4, -0.2) is 22.6 Å². The predicted molar refractivity (Wildman–Crippen MR) is 55.2 cm³/mol. The van der Waals surface area contributed by atoms with Crippen LogP contribution < -0.4 is 5.32 Å². The second-order valence-electron chi connectivity index (χ2n) is 3.06. The van der Waals surface area contributed by atoms with Crippen LogP contribution in [0, 0.1) is 17.5 Å². The van der Waals surface area contributed by atoms with Gasteiger partial charge in [0.1, 0.15) is 12.1 Å². The lowest BCUT2D eigenvalue weighted by Crippen LogP contribution is -2.15. The Morgan fingerprint density at radius 1 is 1.41 bits per heavy atom. The fraction of sp³-hybridized carbons (Fsp3) is 0.111. The Kier molecular flexibility index (Phi) is 2.99. The lowest BCUT2D eigenvalue weighted by molar-refractivity contribution is -0.118. The van der Waals surface area contributed by atoms with Crippen molar-refractivity contribution >= 4 is 32.6 Å². The number of hydrogen-bond acceptors (Lipinski definition) is 4. The number of carbonyl (C=O) groups excluding carboxylic acids is 1. The van der Waals surface area contributed by atoms with Crippen LogP contribution in [0.25, 0.3) is 10.2 Å². The fourth-order valence-electron chi connectivity index (χ4n) is 1.19. The zero-order valence-electron chi connectivity index (χ0n) is 8.13. The van der Waals surface area contributed by atoms with E-state index in [9.17, 15) is 18.0 Å². The van der Waals surface area contributed by atoms with Gasteiger partial charge in [0.05, 0.1) is 4.70 Å². The SMILES string of the molecule is O=C(CO)Nc1nc2c(F)c(F)c(F)cc2s1. The van der Waals surface area contributed by atoms with E-state index in [2.05, 4.69) is 10.3 Å². The van der Waals surface area contributed by atoms with Crippen molar-refractivity contribution in [3.8, 4) is 0 Å². The number of anilines is 1. The van der Waals surface area contributed by atoms with Gasteiger partial charge in [0.15, 0.2) is 22.6 Å². The molecule has 4 nitrogen and oxygen atoms in total. The Labute approximate surface area is 96.7 Å². The average Bonchev–Trinajstić information content (AvgIpc) is 2.68. The molecule has 0 atom stereocenters. The van der Waals surface area contributed by atoms with E-state index in [1.54, 1.807) is 0 Å². The number of halogens is 3. The van der Waals surface area contributed by atoms with E-state index < -0.39 is 30.0 Å². The number of rotatable bonds is 2. The summed E-state index contributed by atoms with van der Waals surface area (Å²) < 4.78 is 39.1. The molecular weight excluding hydrogens is 257 g/mol. The van der Waals surface area contributed by atoms with Crippen LogP contribution in [-0.2, 0) is 4.79 Å². The normalized spacial score (nSPS) is 10.8. The first kappa shape index (κ1) is 11.8. The van der Waals surface area contributed by atoms with Crippen molar-refractivity contribution in [2.45, 2.75) is 0 Å². The number of hydrogen-bond donors (Lipinski definition) is 2. The zero-order chi connectivity index (χ0) is 12.6. The van der Waals surface area contributed by atoms with Gasteiger partial charge in [0.25, 0.3) is 5.91 Å². The molecule has 2 rings (SSSR count). The van der Waals surface area contributed by atoms with Crippen molar-refractivity contribution < 1.29 is 23.1 Å². The number of carbonyl (C=O) groups is 1. The summed E-state index contributed by atoms with van der Waals surface area (Å²) in [5.74, 6) is -5.08. The minimum Gasteiger partial charge on any atom is -0.387 e. The number of fused-ring (bicyclic) bond motifs is 1. The summed E-state index contributed by atoms with van der Waals surface area (Å²) in [6, 6.07) is 0.792. The molecule has 0 aliphatic heterocycles. The number of aliphatic hydroxyl groups excluding tert-OH is 1. The highest BCUT2D eigenvalue weighted by Gasteiger charge is 2.17. The van der Waals surface area contributed by atoms with E-state index >= 15 is 0 Å². The van der Waals surface area contributed by atoms with Crippen molar-refractivity contribution in [2.75, 3.05) is 11.9 Å². The van der Waals surface area contributed by atoms with E-state index in [1.807, 2.05) is 0 Å². The Morgan fingerprint density at radius 3 is 2.76 bits per heavy atom. The fourth-order valence-corrected chi connectivity index (χ4v) is 2.09. The molecule has 1 heterocycles. The van der Waals surface area contributed by atoms with Gasteiger partial charge in [-0.25, -0.2) is 18.2 Å². The summed E-state index contributed by atoms with van der Waals surface area (Å²) in [7, 11) is 0. The molecule has 0 saturated carbocycles. The molecule has 1 aromatic heterocycles. The van der Waals surface area contributed by atoms with E-state index in [1.165, 1.54) is 0 Å². The summed E-state index contributed by atoms with van der Waals surface area (Å²) in [6.07, 6.45) is 0. The number of nitrogens with zero attached hydrogens (tertiary/aromatic N) is 1. The van der Waals surface area contributed by atoms with Crippen LogP contribution in [0.5, 0.6) is 0 Å². The molecule has 0 bridgehead atoms. The Bertz CT molecular complexity index is 599. The molecule has 0 unspecified atom stereocenters. The van der Waals surface area contributed by atoms with Crippen LogP contribution in [0.3, 0.4) is 0 Å². The van der Waals surface area contributed by atoms with Crippen molar-refractivity contribution in [2.24, 2.45) is 0 Å². The summed E-state index contributed by atoms with van der Waals surface area (Å²) in [5.41, 5.74) is -0.359. The maximum absolute atomic E-state index is 13.3. The zero-order valence-corrected chi connectivity index (χ0v) is 8.95. The predicted octanol–water partition coefficient (Wildman–Crippen LogP) is 1.64. The van der Waals surface area contributed by atoms with Crippen molar-refractivity contribution in [3.63, 3.8) is 0 Å². The number of thiazole rings is 1. The van der Waals surface area contributed by atoms with E-state index in [0.717, 1.165) is 17.4 Å². The molecule has 0 radical (unpaired) electrons. The Hall–Kier alpha value is -1.67. The minimum atomic E-state index is -1.61. The average molecular weight is 262 g/mol. The van der Waals surface area contributed by atoms with Crippen LogP contribution >= 0.6 is 11.3 Å². The van der Waals surface area contributed by atoms with E-state index in [0.29, 0.717) is 0 Å². The summed E-state index contributed by atoms with van der Waals surface area (Å²) in [6.45, 7) is -0.763. The third-order valence-corrected chi connectivity index (χ3v) is 2.83. The molecule has 17 heavy (non-hydrogen) atoms. The second kappa shape index (κ2) is 4.30. The quantitative estimate of drug-likeness (QED) is 0.809. The maximum atomic E-state index is 13.3. The van der Waals surface area contributed by atoms with Gasteiger partial charge in [-0.05, 0) is 6.07 Å². The largest absolute Gasteiger partial charge is 0.387 e. The highest BCUT2D eigenvalue weighted by Crippen LogP contribution is 2.30. The molecule has 2 N–H and O–H groups in total. The molecule has 2 aromatic rings. The van der Waals surface area contributed by atoms with Crippen molar-refractivity contribution in [3.05, 3.63) is 23.5 Å². The number of aromatic nitrogens is 1. The molecule has 0 aliphatic rings. The van der Waals surface area contributed by atoms with Crippen LogP contribution in [0.2, 0.25) is 0 Å². The molecule has 1 aromatic carbocycles. The van der Waals surface area contributed by atoms with Crippen molar-refractivity contribution in [1.29, 1.82) is 0 Å². The van der Waals surface area contributed by atoms with E-state index in [-0.39, 0.29) is 15.3 Å². The standard InChI is InChI=1S/C9H5F3N2O2S/c10-3-1-4-8(7(12)6(3)11)14-9(17-4)13-5(16)2-15/h1,15H,2H2,(H,13,14,16). The van der Waals surface area contributed by atoms with Gasteiger partial charge < -0.3 is 5.11 Å². The summed E-state index contributed by atoms with van der Waals surface area (Å²) in [5, 5.41) is 10.6. The first-order valence-electron chi connectivity index (χ1n) is 4.37. The van der Waals surface area contributed by atoms with Crippen LogP contribution in [0.15, 0.2) is 6.07 Å². The highest BCUT2D eigenvalue weighted by atomic mass is 32.1. The van der Waals surface area contributed by atoms with Gasteiger partial charge in [-0.2, -0.15) is 0 Å². The van der Waals surface area contributed by atoms with E-state index in [4.69, 9.17) is 5.11 Å².